The molecule has 0 aliphatic carbocycles. The fourth-order valence-electron chi connectivity index (χ4n) is 6.03. The number of aryl methyl sites for hydroxylation is 1. The molecule has 1 aromatic rings. The number of nitrogens with one attached hydrogen (secondary N) is 1. The van der Waals surface area contributed by atoms with Gasteiger partial charge < -0.3 is 24.4 Å². The van der Waals surface area contributed by atoms with Gasteiger partial charge in [-0.15, -0.1) is 0 Å². The summed E-state index contributed by atoms with van der Waals surface area (Å²) in [6.07, 6.45) is 1.37. The van der Waals surface area contributed by atoms with Crippen molar-refractivity contribution in [2.24, 2.45) is 11.8 Å². The smallest absolute Gasteiger partial charge is 0.247 e. The van der Waals surface area contributed by atoms with E-state index in [1.54, 1.807) is 0 Å². The molecule has 3 heterocycles. The van der Waals surface area contributed by atoms with Crippen molar-refractivity contribution >= 4 is 11.8 Å². The molecule has 1 aromatic carbocycles. The Kier molecular flexibility index (Phi) is 6.97. The van der Waals surface area contributed by atoms with E-state index >= 15 is 0 Å². The van der Waals surface area contributed by atoms with Gasteiger partial charge in [0.15, 0.2) is 0 Å². The lowest BCUT2D eigenvalue weighted by Gasteiger charge is -2.53. The Balaban J connectivity index is 1.51. The molecule has 0 radical (unpaired) electrons. The zero-order valence-corrected chi connectivity index (χ0v) is 22.5. The number of carbonyl (C=O) groups excluding carboxylic acids is 2. The molecule has 0 bridgehead atoms. The van der Waals surface area contributed by atoms with Gasteiger partial charge in [-0.25, -0.2) is 0 Å². The Labute approximate surface area is 209 Å². The first-order chi connectivity index (χ1) is 16.2. The normalized spacial score (nSPS) is 29.1. The topological polar surface area (TPSA) is 77.1 Å². The summed E-state index contributed by atoms with van der Waals surface area (Å²) in [5.41, 5.74) is 1.53. The number of rotatable bonds is 4. The summed E-state index contributed by atoms with van der Waals surface area (Å²) in [6, 6.07) is 5.65. The minimum Gasteiger partial charge on any atom is -0.487 e. The molecule has 2 fully saturated rings. The Morgan fingerprint density at radius 2 is 1.97 bits per heavy atom. The van der Waals surface area contributed by atoms with Gasteiger partial charge in [0.25, 0.3) is 0 Å². The van der Waals surface area contributed by atoms with Crippen LogP contribution in [-0.4, -0.2) is 59.3 Å². The average Bonchev–Trinajstić information content (AvgIpc) is 2.73. The fraction of sp³-hybridized carbons (Fsp3) is 0.714. The maximum absolute atomic E-state index is 13.6. The highest BCUT2D eigenvalue weighted by Crippen LogP contribution is 2.53. The van der Waals surface area contributed by atoms with E-state index < -0.39 is 17.7 Å². The molecule has 194 valence electrons. The number of hydrogen-bond donors (Lipinski definition) is 1. The van der Waals surface area contributed by atoms with E-state index in [1.165, 1.54) is 12.5 Å². The van der Waals surface area contributed by atoms with Crippen molar-refractivity contribution in [2.45, 2.75) is 104 Å². The van der Waals surface area contributed by atoms with E-state index in [2.05, 4.69) is 44.3 Å². The molecular formula is C28H42N2O5. The van der Waals surface area contributed by atoms with Crippen LogP contribution < -0.4 is 10.1 Å². The molecule has 35 heavy (non-hydrogen) atoms. The van der Waals surface area contributed by atoms with Gasteiger partial charge in [0.2, 0.25) is 11.8 Å². The third kappa shape index (κ3) is 5.51. The molecule has 0 aromatic heterocycles. The van der Waals surface area contributed by atoms with Crippen molar-refractivity contribution < 1.29 is 23.8 Å². The van der Waals surface area contributed by atoms with E-state index in [0.717, 1.165) is 24.2 Å². The first-order valence-electron chi connectivity index (χ1n) is 12.9. The van der Waals surface area contributed by atoms with Crippen LogP contribution in [-0.2, 0) is 19.1 Å². The summed E-state index contributed by atoms with van der Waals surface area (Å²) < 4.78 is 19.3. The molecule has 2 saturated heterocycles. The molecule has 0 unspecified atom stereocenters. The molecule has 2 amide bonds. The number of nitrogens with zero attached hydrogens (tertiary/aromatic N) is 1. The van der Waals surface area contributed by atoms with Crippen LogP contribution >= 0.6 is 0 Å². The fourth-order valence-corrected chi connectivity index (χ4v) is 6.03. The van der Waals surface area contributed by atoms with Crippen molar-refractivity contribution in [1.29, 1.82) is 0 Å². The number of ether oxygens (including phenoxy) is 3. The number of fused-ring (bicyclic) bond motifs is 4. The monoisotopic (exact) mass is 486 g/mol. The van der Waals surface area contributed by atoms with E-state index in [1.807, 2.05) is 32.6 Å². The SMILES string of the molecule is CC(=O)N[C@H](C(=O)N1CC[C@H]2O[C@H]3c4ccc(C)cc4OC(C)(C)[C@@H]3C[C@H]2C1)[C@@H](C)OC(C)(C)C. The maximum atomic E-state index is 13.6. The van der Waals surface area contributed by atoms with Crippen LogP contribution in [0.1, 0.15) is 78.5 Å². The van der Waals surface area contributed by atoms with E-state index in [-0.39, 0.29) is 41.5 Å². The highest BCUT2D eigenvalue weighted by atomic mass is 16.5. The molecule has 0 saturated carbocycles. The van der Waals surface area contributed by atoms with Crippen LogP contribution in [0.15, 0.2) is 18.2 Å². The van der Waals surface area contributed by atoms with Crippen molar-refractivity contribution in [3.63, 3.8) is 0 Å². The van der Waals surface area contributed by atoms with Gasteiger partial charge >= 0.3 is 0 Å². The largest absolute Gasteiger partial charge is 0.487 e. The van der Waals surface area contributed by atoms with Crippen LogP contribution in [0.4, 0.5) is 0 Å². The predicted molar refractivity (Wildman–Crippen MR) is 134 cm³/mol. The van der Waals surface area contributed by atoms with Gasteiger partial charge in [0.1, 0.15) is 17.4 Å². The Morgan fingerprint density at radius 3 is 2.63 bits per heavy atom. The molecular weight excluding hydrogens is 444 g/mol. The summed E-state index contributed by atoms with van der Waals surface area (Å²) in [5, 5.41) is 2.84. The summed E-state index contributed by atoms with van der Waals surface area (Å²) >= 11 is 0. The predicted octanol–water partition coefficient (Wildman–Crippen LogP) is 4.17. The molecule has 0 spiro atoms. The third-order valence-corrected chi connectivity index (χ3v) is 7.59. The van der Waals surface area contributed by atoms with E-state index in [4.69, 9.17) is 14.2 Å². The Hall–Kier alpha value is -2.12. The van der Waals surface area contributed by atoms with Crippen LogP contribution in [0.3, 0.4) is 0 Å². The summed E-state index contributed by atoms with van der Waals surface area (Å²) in [7, 11) is 0. The van der Waals surface area contributed by atoms with E-state index in [0.29, 0.717) is 13.1 Å². The molecule has 3 aliphatic rings. The molecule has 7 nitrogen and oxygen atoms in total. The van der Waals surface area contributed by atoms with Gasteiger partial charge in [-0.2, -0.15) is 0 Å². The van der Waals surface area contributed by atoms with Gasteiger partial charge in [0.05, 0.1) is 23.9 Å². The molecule has 6 atom stereocenters. The second-order valence-electron chi connectivity index (χ2n) is 12.1. The Morgan fingerprint density at radius 1 is 1.26 bits per heavy atom. The lowest BCUT2D eigenvalue weighted by Crippen LogP contribution is -2.60. The minimum atomic E-state index is -0.717. The molecule has 7 heteroatoms. The van der Waals surface area contributed by atoms with Crippen LogP contribution in [0.5, 0.6) is 5.75 Å². The summed E-state index contributed by atoms with van der Waals surface area (Å²) in [6.45, 7) is 16.7. The molecule has 3 aliphatic heterocycles. The van der Waals surface area contributed by atoms with E-state index in [9.17, 15) is 9.59 Å². The van der Waals surface area contributed by atoms with Crippen LogP contribution in [0.2, 0.25) is 0 Å². The van der Waals surface area contributed by atoms with Crippen LogP contribution in [0, 0.1) is 18.8 Å². The molecule has 4 rings (SSSR count). The number of hydrogen-bond acceptors (Lipinski definition) is 5. The maximum Gasteiger partial charge on any atom is 0.247 e. The average molecular weight is 487 g/mol. The first-order valence-corrected chi connectivity index (χ1v) is 12.9. The van der Waals surface area contributed by atoms with Gasteiger partial charge in [-0.3, -0.25) is 9.59 Å². The highest BCUT2D eigenvalue weighted by Gasteiger charge is 2.52. The van der Waals surface area contributed by atoms with Gasteiger partial charge in [-0.05, 0) is 72.9 Å². The zero-order chi connectivity index (χ0) is 25.7. The lowest BCUT2D eigenvalue weighted by atomic mass is 9.70. The summed E-state index contributed by atoms with van der Waals surface area (Å²) in [4.78, 5) is 27.4. The zero-order valence-electron chi connectivity index (χ0n) is 22.5. The van der Waals surface area contributed by atoms with Crippen molar-refractivity contribution in [3.05, 3.63) is 29.3 Å². The second kappa shape index (κ2) is 9.40. The van der Waals surface area contributed by atoms with Gasteiger partial charge in [0, 0.05) is 37.4 Å². The van der Waals surface area contributed by atoms with Crippen molar-refractivity contribution in [2.75, 3.05) is 13.1 Å². The summed E-state index contributed by atoms with van der Waals surface area (Å²) in [5.74, 6) is 1.02. The standard InChI is InChI=1S/C28H42N2O5/c1-16-9-10-20-23(13-16)35-28(7,8)21-14-19-15-30(12-11-22(19)33-25(20)21)26(32)24(29-18(3)31)17(2)34-27(4,5)6/h9-10,13,17,19,21-22,24-25H,11-12,14-15H2,1-8H3,(H,29,31)/t17-,19+,21-,22-,24+,25+/m1/s1. The number of likely N-dealkylation sites (tertiary alicyclic amines) is 1. The first kappa shape index (κ1) is 26.0. The van der Waals surface area contributed by atoms with Crippen molar-refractivity contribution in [1.82, 2.24) is 10.2 Å². The highest BCUT2D eigenvalue weighted by molar-refractivity contribution is 5.87. The van der Waals surface area contributed by atoms with Crippen LogP contribution in [0.25, 0.3) is 0 Å². The number of benzene rings is 1. The Bertz CT molecular complexity index is 969. The molecule has 1 N–H and O–H groups in total. The quantitative estimate of drug-likeness (QED) is 0.691. The minimum absolute atomic E-state index is 0.00480. The van der Waals surface area contributed by atoms with Crippen molar-refractivity contribution in [3.8, 4) is 5.75 Å². The second-order valence-corrected chi connectivity index (χ2v) is 12.1. The number of amides is 2. The number of carbonyl (C=O) groups is 2. The van der Waals surface area contributed by atoms with Gasteiger partial charge in [-0.1, -0.05) is 12.1 Å². The lowest BCUT2D eigenvalue weighted by molar-refractivity contribution is -0.190. The number of piperidine rings is 1. The third-order valence-electron chi connectivity index (χ3n) is 7.59.